The molecule has 5 N–H and O–H groups in total. The predicted molar refractivity (Wildman–Crippen MR) is 120 cm³/mol. The second-order valence-corrected chi connectivity index (χ2v) is 7.27. The molecule has 0 aliphatic rings. The highest BCUT2D eigenvalue weighted by molar-refractivity contribution is 5.92. The van der Waals surface area contributed by atoms with Crippen molar-refractivity contribution in [3.63, 3.8) is 0 Å². The quantitative estimate of drug-likeness (QED) is 0.534. The maximum Gasteiger partial charge on any atom is 0.410 e. The zero-order valence-electron chi connectivity index (χ0n) is 19.1. The summed E-state index contributed by atoms with van der Waals surface area (Å²) in [6, 6.07) is 6.30. The van der Waals surface area contributed by atoms with Crippen LogP contribution in [0, 0.1) is 11.8 Å². The number of rotatable bonds is 10. The molecule has 0 unspecified atom stereocenters. The smallest absolute Gasteiger partial charge is 0.410 e. The minimum atomic E-state index is -0.730. The summed E-state index contributed by atoms with van der Waals surface area (Å²) in [6.45, 7) is 10.1. The highest BCUT2D eigenvalue weighted by Gasteiger charge is 2.28. The van der Waals surface area contributed by atoms with Crippen molar-refractivity contribution in [2.24, 2.45) is 23.3 Å². The highest BCUT2D eigenvalue weighted by Crippen LogP contribution is 2.15. The Morgan fingerprint density at radius 1 is 1.10 bits per heavy atom. The Kier molecular flexibility index (Phi) is 13.1. The molecule has 0 saturated heterocycles. The van der Waals surface area contributed by atoms with Gasteiger partial charge in [0.05, 0.1) is 0 Å². The van der Waals surface area contributed by atoms with Crippen molar-refractivity contribution >= 4 is 23.6 Å². The Morgan fingerprint density at radius 2 is 1.67 bits per heavy atom. The first kappa shape index (κ1) is 27.4. The van der Waals surface area contributed by atoms with Gasteiger partial charge >= 0.3 is 6.09 Å². The van der Waals surface area contributed by atoms with Crippen LogP contribution in [0.3, 0.4) is 0 Å². The molecular weight excluding hydrogens is 384 g/mol. The number of anilines is 1. The summed E-state index contributed by atoms with van der Waals surface area (Å²) < 4.78 is 5.25. The maximum absolute atomic E-state index is 12.2. The number of carbonyl (C=O) groups is 3. The normalized spacial score (nSPS) is 12.3. The van der Waals surface area contributed by atoms with Crippen LogP contribution < -0.4 is 16.8 Å². The van der Waals surface area contributed by atoms with Gasteiger partial charge in [-0.2, -0.15) is 0 Å². The number of nitrogens with zero attached hydrogens (tertiary/aromatic N) is 1. The fourth-order valence-electron chi connectivity index (χ4n) is 2.83. The number of nitrogens with one attached hydrogen (secondary N) is 1. The average molecular weight is 423 g/mol. The lowest BCUT2D eigenvalue weighted by Crippen LogP contribution is -2.48. The van der Waals surface area contributed by atoms with Gasteiger partial charge < -0.3 is 21.5 Å². The van der Waals surface area contributed by atoms with Crippen molar-refractivity contribution in [3.8, 4) is 0 Å². The first-order chi connectivity index (χ1) is 14.2. The first-order valence-electron chi connectivity index (χ1n) is 10.5. The van der Waals surface area contributed by atoms with Crippen molar-refractivity contribution < 1.29 is 19.1 Å². The molecule has 0 saturated carbocycles. The van der Waals surface area contributed by atoms with Gasteiger partial charge in [-0.05, 0) is 43.0 Å². The molecule has 1 aromatic rings. The molecule has 170 valence electrons. The van der Waals surface area contributed by atoms with E-state index in [1.165, 1.54) is 11.9 Å². The van der Waals surface area contributed by atoms with Crippen LogP contribution in [0.1, 0.15) is 53.0 Å². The lowest BCUT2D eigenvalue weighted by atomic mass is 10.0. The number of hydrogen-bond acceptors (Lipinski definition) is 5. The van der Waals surface area contributed by atoms with E-state index in [0.29, 0.717) is 12.2 Å². The van der Waals surface area contributed by atoms with Crippen LogP contribution >= 0.6 is 0 Å². The molecule has 2 atom stereocenters. The van der Waals surface area contributed by atoms with Gasteiger partial charge in [0.25, 0.3) is 0 Å². The molecule has 0 aliphatic heterocycles. The van der Waals surface area contributed by atoms with E-state index in [1.54, 1.807) is 24.3 Å². The molecule has 1 rings (SSSR count). The summed E-state index contributed by atoms with van der Waals surface area (Å²) >= 11 is 0. The Bertz CT molecular complexity index is 662. The fraction of sp³-hybridized carbons (Fsp3) is 0.591. The van der Waals surface area contributed by atoms with Gasteiger partial charge in [0.2, 0.25) is 11.8 Å². The Hall–Kier alpha value is -2.61. The van der Waals surface area contributed by atoms with Crippen molar-refractivity contribution in [3.05, 3.63) is 29.8 Å². The van der Waals surface area contributed by atoms with Crippen LogP contribution in [0.2, 0.25) is 0 Å². The minimum Gasteiger partial charge on any atom is -0.445 e. The standard InChI is InChI=1S/C20H32N4O4.C2H6/c1-13(2)17(18(22)25)24(4)20(27)28-12-15-7-9-16(10-8-15)23-19(26)14(3)6-5-11-21;1-2/h7-10,13-14,17H,5-6,11-12,21H2,1-4H3,(H2,22,25)(H,23,26);1-2H3/t14-,17-;/m0./s1. The molecule has 0 heterocycles. The van der Waals surface area contributed by atoms with Crippen molar-refractivity contribution in [2.75, 3.05) is 18.9 Å². The van der Waals surface area contributed by atoms with Crippen LogP contribution in [0.15, 0.2) is 24.3 Å². The number of carbonyl (C=O) groups excluding carboxylic acids is 3. The third kappa shape index (κ3) is 9.26. The molecule has 30 heavy (non-hydrogen) atoms. The van der Waals surface area contributed by atoms with Crippen molar-refractivity contribution in [1.82, 2.24) is 4.90 Å². The second-order valence-electron chi connectivity index (χ2n) is 7.27. The van der Waals surface area contributed by atoms with E-state index in [1.807, 2.05) is 34.6 Å². The highest BCUT2D eigenvalue weighted by atomic mass is 16.6. The van der Waals surface area contributed by atoms with Crippen LogP contribution in [0.25, 0.3) is 0 Å². The fourth-order valence-corrected chi connectivity index (χ4v) is 2.83. The number of benzene rings is 1. The summed E-state index contributed by atoms with van der Waals surface area (Å²) in [5.41, 5.74) is 12.3. The van der Waals surface area contributed by atoms with Crippen molar-refractivity contribution in [1.29, 1.82) is 0 Å². The average Bonchev–Trinajstić information content (AvgIpc) is 2.72. The summed E-state index contributed by atoms with van der Waals surface area (Å²) in [6.07, 6.45) is 0.927. The van der Waals surface area contributed by atoms with Gasteiger partial charge in [-0.25, -0.2) is 4.79 Å². The Morgan fingerprint density at radius 3 is 2.13 bits per heavy atom. The number of nitrogens with two attached hydrogens (primary N) is 2. The molecule has 1 aromatic carbocycles. The number of ether oxygens (including phenoxy) is 1. The predicted octanol–water partition coefficient (Wildman–Crippen LogP) is 3.10. The molecule has 0 bridgehead atoms. The zero-order valence-corrected chi connectivity index (χ0v) is 19.1. The molecule has 8 nitrogen and oxygen atoms in total. The molecule has 0 spiro atoms. The van der Waals surface area contributed by atoms with Crippen LogP contribution in [0.4, 0.5) is 10.5 Å². The summed E-state index contributed by atoms with van der Waals surface area (Å²) in [5.74, 6) is -0.861. The van der Waals surface area contributed by atoms with E-state index in [0.717, 1.165) is 18.4 Å². The minimum absolute atomic E-state index is 0.0495. The molecule has 8 heteroatoms. The van der Waals surface area contributed by atoms with E-state index < -0.39 is 18.0 Å². The van der Waals surface area contributed by atoms with E-state index >= 15 is 0 Å². The summed E-state index contributed by atoms with van der Waals surface area (Å²) in [5, 5.41) is 2.85. The van der Waals surface area contributed by atoms with Gasteiger partial charge in [0, 0.05) is 18.7 Å². The topological polar surface area (TPSA) is 128 Å². The van der Waals surface area contributed by atoms with Crippen LogP contribution in [-0.2, 0) is 20.9 Å². The second kappa shape index (κ2) is 14.4. The maximum atomic E-state index is 12.2. The number of likely N-dealkylation sites (N-methyl/N-ethyl adjacent to an activating group) is 1. The Labute approximate surface area is 180 Å². The molecular formula is C22H38N4O4. The summed E-state index contributed by atoms with van der Waals surface area (Å²) in [4.78, 5) is 37.0. The van der Waals surface area contributed by atoms with E-state index in [-0.39, 0.29) is 24.3 Å². The first-order valence-corrected chi connectivity index (χ1v) is 10.5. The molecule has 3 amide bonds. The lowest BCUT2D eigenvalue weighted by molar-refractivity contribution is -0.123. The molecule has 0 aliphatic carbocycles. The van der Waals surface area contributed by atoms with E-state index in [4.69, 9.17) is 16.2 Å². The van der Waals surface area contributed by atoms with E-state index in [2.05, 4.69) is 5.32 Å². The van der Waals surface area contributed by atoms with Crippen LogP contribution in [-0.4, -0.2) is 42.4 Å². The van der Waals surface area contributed by atoms with Crippen molar-refractivity contribution in [2.45, 2.75) is 60.1 Å². The van der Waals surface area contributed by atoms with Gasteiger partial charge in [0.1, 0.15) is 12.6 Å². The summed E-state index contributed by atoms with van der Waals surface area (Å²) in [7, 11) is 1.49. The molecule has 0 aromatic heterocycles. The molecule has 0 fully saturated rings. The molecule has 0 radical (unpaired) electrons. The number of amides is 3. The largest absolute Gasteiger partial charge is 0.445 e. The third-order valence-corrected chi connectivity index (χ3v) is 4.50. The van der Waals surface area contributed by atoms with Gasteiger partial charge in [-0.1, -0.05) is 46.8 Å². The number of primary amides is 1. The monoisotopic (exact) mass is 422 g/mol. The van der Waals surface area contributed by atoms with Crippen LogP contribution in [0.5, 0.6) is 0 Å². The third-order valence-electron chi connectivity index (χ3n) is 4.50. The number of hydrogen-bond donors (Lipinski definition) is 3. The SMILES string of the molecule is CC.CC(C)[C@@H](C(N)=O)N(C)C(=O)OCc1ccc(NC(=O)[C@@H](C)CCCN)cc1. The zero-order chi connectivity index (χ0) is 23.3. The van der Waals surface area contributed by atoms with Gasteiger partial charge in [-0.3, -0.25) is 14.5 Å². The van der Waals surface area contributed by atoms with E-state index in [9.17, 15) is 14.4 Å². The lowest BCUT2D eigenvalue weighted by Gasteiger charge is -2.27. The Balaban J connectivity index is 0.00000407. The van der Waals surface area contributed by atoms with Gasteiger partial charge in [-0.15, -0.1) is 0 Å². The van der Waals surface area contributed by atoms with Gasteiger partial charge in [0.15, 0.2) is 0 Å².